The first-order valence-electron chi connectivity index (χ1n) is 12.6. The Labute approximate surface area is 218 Å². The molecule has 0 unspecified atom stereocenters. The van der Waals surface area contributed by atoms with Crippen LogP contribution in [0, 0.1) is 5.41 Å². The highest BCUT2D eigenvalue weighted by molar-refractivity contribution is 6.19. The summed E-state index contributed by atoms with van der Waals surface area (Å²) >= 11 is 0. The largest absolute Gasteiger partial charge is 0.493 e. The van der Waals surface area contributed by atoms with Crippen molar-refractivity contribution in [1.82, 2.24) is 14.9 Å². The third-order valence-corrected chi connectivity index (χ3v) is 6.83. The van der Waals surface area contributed by atoms with Crippen molar-refractivity contribution in [2.75, 3.05) is 43.6 Å². The standard InChI is InChI=1S/C29H35N5O3/c1-29(2)27(35)32(3)25-9-8-24(19-26(25)33(4)28(29)36)37-18-6-16-34(21-23-10-14-30-15-11-23)17-12-22-7-5-13-31-20-22/h5,7-11,13-15,19-20H,6,12,16-18,21H2,1-4H3. The van der Waals surface area contributed by atoms with E-state index < -0.39 is 5.41 Å². The van der Waals surface area contributed by atoms with Gasteiger partial charge in [0.2, 0.25) is 11.8 Å². The lowest BCUT2D eigenvalue weighted by molar-refractivity contribution is -0.137. The maximum Gasteiger partial charge on any atom is 0.241 e. The van der Waals surface area contributed by atoms with E-state index in [0.717, 1.165) is 32.5 Å². The highest BCUT2D eigenvalue weighted by Gasteiger charge is 2.44. The summed E-state index contributed by atoms with van der Waals surface area (Å²) < 4.78 is 6.09. The van der Waals surface area contributed by atoms with Crippen molar-refractivity contribution >= 4 is 23.2 Å². The first-order valence-corrected chi connectivity index (χ1v) is 12.6. The second-order valence-electron chi connectivity index (χ2n) is 9.95. The number of carbonyl (C=O) groups excluding carboxylic acids is 2. The van der Waals surface area contributed by atoms with Gasteiger partial charge < -0.3 is 14.5 Å². The molecule has 8 heteroatoms. The van der Waals surface area contributed by atoms with Crippen LogP contribution in [0.25, 0.3) is 0 Å². The van der Waals surface area contributed by atoms with E-state index in [1.165, 1.54) is 11.1 Å². The van der Waals surface area contributed by atoms with Crippen LogP contribution >= 0.6 is 0 Å². The zero-order valence-electron chi connectivity index (χ0n) is 22.1. The Bertz CT molecular complexity index is 1220. The topological polar surface area (TPSA) is 78.9 Å². The van der Waals surface area contributed by atoms with Gasteiger partial charge in [-0.25, -0.2) is 0 Å². The molecule has 0 fully saturated rings. The van der Waals surface area contributed by atoms with Crippen LogP contribution in [0.15, 0.2) is 67.3 Å². The summed E-state index contributed by atoms with van der Waals surface area (Å²) in [7, 11) is 3.41. The van der Waals surface area contributed by atoms with Gasteiger partial charge in [0, 0.05) is 64.6 Å². The molecular formula is C29H35N5O3. The molecule has 37 heavy (non-hydrogen) atoms. The minimum Gasteiger partial charge on any atom is -0.493 e. The molecule has 2 aromatic heterocycles. The molecule has 3 heterocycles. The number of nitrogens with zero attached hydrogens (tertiary/aromatic N) is 5. The molecule has 3 aromatic rings. The molecule has 1 aliphatic heterocycles. The zero-order valence-corrected chi connectivity index (χ0v) is 22.1. The predicted octanol–water partition coefficient (Wildman–Crippen LogP) is 3.96. The van der Waals surface area contributed by atoms with Crippen molar-refractivity contribution in [1.29, 1.82) is 0 Å². The summed E-state index contributed by atoms with van der Waals surface area (Å²) in [6.45, 7) is 6.49. The van der Waals surface area contributed by atoms with Gasteiger partial charge in [0.1, 0.15) is 11.2 Å². The Balaban J connectivity index is 1.38. The Morgan fingerprint density at radius 3 is 2.30 bits per heavy atom. The van der Waals surface area contributed by atoms with Crippen LogP contribution in [-0.2, 0) is 22.6 Å². The molecule has 0 spiro atoms. The molecule has 8 nitrogen and oxygen atoms in total. The van der Waals surface area contributed by atoms with Gasteiger partial charge >= 0.3 is 0 Å². The first kappa shape index (κ1) is 26.3. The average molecular weight is 502 g/mol. The van der Waals surface area contributed by atoms with E-state index in [1.807, 2.05) is 55.0 Å². The fraction of sp³-hybridized carbons (Fsp3) is 0.379. The summed E-state index contributed by atoms with van der Waals surface area (Å²) in [6.07, 6.45) is 9.12. The Morgan fingerprint density at radius 2 is 1.59 bits per heavy atom. The van der Waals surface area contributed by atoms with Gasteiger partial charge in [-0.3, -0.25) is 24.5 Å². The normalized spacial score (nSPS) is 15.1. The minimum atomic E-state index is -1.13. The zero-order chi connectivity index (χ0) is 26.4. The van der Waals surface area contributed by atoms with Crippen molar-refractivity contribution in [2.24, 2.45) is 5.41 Å². The van der Waals surface area contributed by atoms with Crippen molar-refractivity contribution in [3.05, 3.63) is 78.4 Å². The molecule has 194 valence electrons. The molecule has 0 bridgehead atoms. The number of hydrogen-bond acceptors (Lipinski definition) is 6. The van der Waals surface area contributed by atoms with Gasteiger partial charge in [-0.15, -0.1) is 0 Å². The Hall–Kier alpha value is -3.78. The van der Waals surface area contributed by atoms with Gasteiger partial charge in [-0.05, 0) is 68.1 Å². The van der Waals surface area contributed by atoms with Crippen LogP contribution in [0.3, 0.4) is 0 Å². The van der Waals surface area contributed by atoms with Crippen molar-refractivity contribution in [2.45, 2.75) is 33.2 Å². The summed E-state index contributed by atoms with van der Waals surface area (Å²) in [5, 5.41) is 0. The number of ether oxygens (including phenoxy) is 1. The van der Waals surface area contributed by atoms with E-state index in [-0.39, 0.29) is 11.8 Å². The number of rotatable bonds is 10. The second-order valence-corrected chi connectivity index (χ2v) is 9.95. The number of hydrogen-bond donors (Lipinski definition) is 0. The minimum absolute atomic E-state index is 0.225. The van der Waals surface area contributed by atoms with Crippen molar-refractivity contribution in [3.8, 4) is 5.75 Å². The average Bonchev–Trinajstić information content (AvgIpc) is 2.96. The molecule has 4 rings (SSSR count). The first-order chi connectivity index (χ1) is 17.8. The number of fused-ring (bicyclic) bond motifs is 1. The van der Waals surface area contributed by atoms with E-state index in [0.29, 0.717) is 23.7 Å². The summed E-state index contributed by atoms with van der Waals surface area (Å²) in [5.41, 5.74) is 2.67. The molecule has 2 amide bonds. The fourth-order valence-corrected chi connectivity index (χ4v) is 4.62. The van der Waals surface area contributed by atoms with E-state index in [4.69, 9.17) is 4.74 Å². The summed E-state index contributed by atoms with van der Waals surface area (Å²) in [6, 6.07) is 13.7. The van der Waals surface area contributed by atoms with Gasteiger partial charge in [0.15, 0.2) is 0 Å². The van der Waals surface area contributed by atoms with Gasteiger partial charge in [-0.2, -0.15) is 0 Å². The fourth-order valence-electron chi connectivity index (χ4n) is 4.62. The number of anilines is 2. The number of amides is 2. The van der Waals surface area contributed by atoms with Crippen LogP contribution < -0.4 is 14.5 Å². The number of aromatic nitrogens is 2. The van der Waals surface area contributed by atoms with Crippen LogP contribution in [0.5, 0.6) is 5.75 Å². The molecule has 0 N–H and O–H groups in total. The molecular weight excluding hydrogens is 466 g/mol. The van der Waals surface area contributed by atoms with Crippen LogP contribution in [-0.4, -0.2) is 60.5 Å². The van der Waals surface area contributed by atoms with Gasteiger partial charge in [0.05, 0.1) is 18.0 Å². The number of benzene rings is 1. The lowest BCUT2D eigenvalue weighted by atomic mass is 9.90. The van der Waals surface area contributed by atoms with Crippen molar-refractivity contribution < 1.29 is 14.3 Å². The SMILES string of the molecule is CN1C(=O)C(C)(C)C(=O)N(C)c2cc(OCCCN(CCc3cccnc3)Cc3ccncc3)ccc21. The molecule has 0 saturated heterocycles. The maximum absolute atomic E-state index is 13.0. The van der Waals surface area contributed by atoms with Crippen LogP contribution in [0.2, 0.25) is 0 Å². The van der Waals surface area contributed by atoms with Crippen LogP contribution in [0.4, 0.5) is 11.4 Å². The smallest absolute Gasteiger partial charge is 0.241 e. The van der Waals surface area contributed by atoms with Gasteiger partial charge in [0.25, 0.3) is 0 Å². The van der Waals surface area contributed by atoms with E-state index in [1.54, 1.807) is 43.9 Å². The van der Waals surface area contributed by atoms with Crippen molar-refractivity contribution in [3.63, 3.8) is 0 Å². The third-order valence-electron chi connectivity index (χ3n) is 6.83. The Kier molecular flexibility index (Phi) is 8.18. The molecule has 1 aliphatic rings. The third kappa shape index (κ3) is 6.14. The quantitative estimate of drug-likeness (QED) is 0.309. The monoisotopic (exact) mass is 501 g/mol. The molecule has 0 atom stereocenters. The van der Waals surface area contributed by atoms with Gasteiger partial charge in [-0.1, -0.05) is 6.07 Å². The highest BCUT2D eigenvalue weighted by Crippen LogP contribution is 2.39. The molecule has 0 radical (unpaired) electrons. The second kappa shape index (κ2) is 11.5. The predicted molar refractivity (Wildman–Crippen MR) is 145 cm³/mol. The maximum atomic E-state index is 13.0. The summed E-state index contributed by atoms with van der Waals surface area (Å²) in [4.78, 5) is 39.7. The number of carbonyl (C=O) groups is 2. The van der Waals surface area contributed by atoms with Crippen LogP contribution in [0.1, 0.15) is 31.4 Å². The molecule has 0 saturated carbocycles. The van der Waals surface area contributed by atoms with E-state index in [2.05, 4.69) is 20.9 Å². The molecule has 1 aromatic carbocycles. The highest BCUT2D eigenvalue weighted by atomic mass is 16.5. The number of pyridine rings is 2. The van der Waals surface area contributed by atoms with E-state index >= 15 is 0 Å². The molecule has 0 aliphatic carbocycles. The lowest BCUT2D eigenvalue weighted by Crippen LogP contribution is -2.46. The Morgan fingerprint density at radius 1 is 0.865 bits per heavy atom. The summed E-state index contributed by atoms with van der Waals surface area (Å²) in [5.74, 6) is 0.216. The lowest BCUT2D eigenvalue weighted by Gasteiger charge is -2.25. The van der Waals surface area contributed by atoms with E-state index in [9.17, 15) is 9.59 Å².